The molecule has 2 aromatic rings. The molecule has 2 N–H and O–H groups in total. The Balaban J connectivity index is 2.11. The molecule has 32 heavy (non-hydrogen) atoms. The number of nitrogens with one attached hydrogen (secondary N) is 2. The van der Waals surface area contributed by atoms with Crippen molar-refractivity contribution in [1.29, 1.82) is 5.26 Å². The maximum Gasteiger partial charge on any atom is 0.262 e. The number of rotatable bonds is 9. The van der Waals surface area contributed by atoms with Gasteiger partial charge < -0.3 is 15.2 Å². The molecule has 1 aromatic carbocycles. The Bertz CT molecular complexity index is 1040. The number of amides is 2. The van der Waals surface area contributed by atoms with Crippen LogP contribution >= 0.6 is 0 Å². The van der Waals surface area contributed by atoms with Gasteiger partial charge in [-0.3, -0.25) is 9.59 Å². The van der Waals surface area contributed by atoms with Gasteiger partial charge in [0.05, 0.1) is 0 Å². The summed E-state index contributed by atoms with van der Waals surface area (Å²) in [4.78, 5) is 25.0. The van der Waals surface area contributed by atoms with Crippen LogP contribution in [0.15, 0.2) is 35.9 Å². The fourth-order valence-electron chi connectivity index (χ4n) is 3.43. The molecule has 0 saturated carbocycles. The highest BCUT2D eigenvalue weighted by molar-refractivity contribution is 6.01. The number of hydrogen-bond acceptors (Lipinski definition) is 3. The molecule has 0 fully saturated rings. The van der Waals surface area contributed by atoms with Crippen molar-refractivity contribution in [2.75, 3.05) is 0 Å². The molecule has 1 unspecified atom stereocenters. The molecule has 0 aliphatic carbocycles. The van der Waals surface area contributed by atoms with Gasteiger partial charge in [0.15, 0.2) is 0 Å². The normalized spacial score (nSPS) is 12.4. The second-order valence-electron chi connectivity index (χ2n) is 8.67. The third-order valence-corrected chi connectivity index (χ3v) is 5.46. The molecular formula is C26H34N4O2. The Morgan fingerprint density at radius 1 is 1.19 bits per heavy atom. The molecular weight excluding hydrogens is 400 g/mol. The first kappa shape index (κ1) is 24.9. The van der Waals surface area contributed by atoms with Crippen LogP contribution in [0.4, 0.5) is 0 Å². The van der Waals surface area contributed by atoms with Gasteiger partial charge in [-0.1, -0.05) is 32.9 Å². The average molecular weight is 435 g/mol. The minimum absolute atomic E-state index is 0.0560. The first-order chi connectivity index (χ1) is 15.2. The van der Waals surface area contributed by atoms with E-state index < -0.39 is 5.91 Å². The first-order valence-corrected chi connectivity index (χ1v) is 11.1. The van der Waals surface area contributed by atoms with Crippen LogP contribution in [0.25, 0.3) is 6.08 Å². The van der Waals surface area contributed by atoms with Crippen LogP contribution in [0, 0.1) is 31.1 Å². The first-order valence-electron chi connectivity index (χ1n) is 11.1. The summed E-state index contributed by atoms with van der Waals surface area (Å²) in [7, 11) is 0. The average Bonchev–Trinajstić information content (AvgIpc) is 3.02. The highest BCUT2D eigenvalue weighted by Gasteiger charge is 2.14. The van der Waals surface area contributed by atoms with E-state index >= 15 is 0 Å². The lowest BCUT2D eigenvalue weighted by atomic mass is 10.1. The van der Waals surface area contributed by atoms with Crippen LogP contribution in [-0.4, -0.2) is 22.4 Å². The van der Waals surface area contributed by atoms with E-state index in [1.54, 1.807) is 24.3 Å². The quantitative estimate of drug-likeness (QED) is 0.450. The number of aromatic nitrogens is 1. The molecule has 2 rings (SSSR count). The predicted molar refractivity (Wildman–Crippen MR) is 128 cm³/mol. The third-order valence-electron chi connectivity index (χ3n) is 5.46. The van der Waals surface area contributed by atoms with Crippen molar-refractivity contribution in [3.8, 4) is 6.07 Å². The van der Waals surface area contributed by atoms with Gasteiger partial charge in [0.2, 0.25) is 0 Å². The fourth-order valence-corrected chi connectivity index (χ4v) is 3.43. The maximum atomic E-state index is 12.6. The Hall–Kier alpha value is -3.33. The van der Waals surface area contributed by atoms with Gasteiger partial charge in [-0.05, 0) is 68.5 Å². The molecule has 0 aliphatic heterocycles. The zero-order chi connectivity index (χ0) is 23.8. The van der Waals surface area contributed by atoms with Crippen molar-refractivity contribution in [2.45, 2.75) is 67.1 Å². The SMILES string of the molecule is CCC(C)NC(=O)c1cccc(CNC(=O)/C(C#N)=C/c2cc(C)n(CC(C)C)c2C)c1. The maximum absolute atomic E-state index is 12.6. The summed E-state index contributed by atoms with van der Waals surface area (Å²) in [5.74, 6) is -0.0732. The summed E-state index contributed by atoms with van der Waals surface area (Å²) in [6.45, 7) is 13.4. The van der Waals surface area contributed by atoms with Crippen LogP contribution < -0.4 is 10.6 Å². The smallest absolute Gasteiger partial charge is 0.262 e. The molecule has 0 radical (unpaired) electrons. The monoisotopic (exact) mass is 434 g/mol. The lowest BCUT2D eigenvalue weighted by Crippen LogP contribution is -2.32. The van der Waals surface area contributed by atoms with E-state index in [0.717, 1.165) is 35.5 Å². The van der Waals surface area contributed by atoms with E-state index in [2.05, 4.69) is 29.0 Å². The van der Waals surface area contributed by atoms with Crippen molar-refractivity contribution in [1.82, 2.24) is 15.2 Å². The second kappa shape index (κ2) is 11.3. The van der Waals surface area contributed by atoms with Crippen LogP contribution in [0.2, 0.25) is 0 Å². The summed E-state index contributed by atoms with van der Waals surface area (Å²) < 4.78 is 2.21. The molecule has 0 saturated heterocycles. The largest absolute Gasteiger partial charge is 0.350 e. The van der Waals surface area contributed by atoms with E-state index in [0.29, 0.717) is 11.5 Å². The number of benzene rings is 1. The Kier molecular flexibility index (Phi) is 8.83. The van der Waals surface area contributed by atoms with Crippen molar-refractivity contribution in [3.63, 3.8) is 0 Å². The van der Waals surface area contributed by atoms with Crippen molar-refractivity contribution in [2.24, 2.45) is 5.92 Å². The van der Waals surface area contributed by atoms with Crippen molar-refractivity contribution >= 4 is 17.9 Å². The van der Waals surface area contributed by atoms with Gasteiger partial charge in [-0.25, -0.2) is 0 Å². The second-order valence-corrected chi connectivity index (χ2v) is 8.67. The van der Waals surface area contributed by atoms with Gasteiger partial charge in [0.1, 0.15) is 11.6 Å². The topological polar surface area (TPSA) is 86.9 Å². The molecule has 0 bridgehead atoms. The van der Waals surface area contributed by atoms with Crippen LogP contribution in [0.5, 0.6) is 0 Å². The minimum Gasteiger partial charge on any atom is -0.350 e. The zero-order valence-electron chi connectivity index (χ0n) is 20.0. The van der Waals surface area contributed by atoms with E-state index in [9.17, 15) is 14.9 Å². The van der Waals surface area contributed by atoms with Crippen LogP contribution in [0.3, 0.4) is 0 Å². The molecule has 6 heteroatoms. The van der Waals surface area contributed by atoms with Gasteiger partial charge in [0.25, 0.3) is 11.8 Å². The number of nitriles is 1. The molecule has 1 atom stereocenters. The number of nitrogens with zero attached hydrogens (tertiary/aromatic N) is 2. The van der Waals surface area contributed by atoms with Gasteiger partial charge >= 0.3 is 0 Å². The predicted octanol–water partition coefficient (Wildman–Crippen LogP) is 4.51. The molecule has 1 heterocycles. The van der Waals surface area contributed by atoms with E-state index in [1.165, 1.54) is 0 Å². The number of carbonyl (C=O) groups excluding carboxylic acids is 2. The zero-order valence-corrected chi connectivity index (χ0v) is 20.0. The molecule has 6 nitrogen and oxygen atoms in total. The van der Waals surface area contributed by atoms with Crippen molar-refractivity contribution in [3.05, 3.63) is 64.0 Å². The number of hydrogen-bond donors (Lipinski definition) is 2. The molecule has 1 aromatic heterocycles. The Morgan fingerprint density at radius 2 is 1.91 bits per heavy atom. The highest BCUT2D eigenvalue weighted by Crippen LogP contribution is 2.20. The third kappa shape index (κ3) is 6.58. The van der Waals surface area contributed by atoms with Crippen LogP contribution in [-0.2, 0) is 17.9 Å². The minimum atomic E-state index is -0.435. The van der Waals surface area contributed by atoms with E-state index in [1.807, 2.05) is 45.9 Å². The lowest BCUT2D eigenvalue weighted by molar-refractivity contribution is -0.117. The lowest BCUT2D eigenvalue weighted by Gasteiger charge is -2.12. The summed E-state index contributed by atoms with van der Waals surface area (Å²) in [5, 5.41) is 15.3. The van der Waals surface area contributed by atoms with Gasteiger partial charge in [-0.2, -0.15) is 5.26 Å². The standard InChI is InChI=1S/C26H34N4O2/c1-7-18(4)29-26(32)22-10-8-9-21(12-22)15-28-25(31)24(14-27)13-23-11-19(5)30(20(23)6)16-17(2)3/h8-13,17-18H,7,15-16H2,1-6H3,(H,28,31)(H,29,32)/b24-13+. The summed E-state index contributed by atoms with van der Waals surface area (Å²) >= 11 is 0. The molecule has 2 amide bonds. The molecule has 0 aliphatic rings. The highest BCUT2D eigenvalue weighted by atomic mass is 16.2. The van der Waals surface area contributed by atoms with E-state index in [4.69, 9.17) is 0 Å². The Morgan fingerprint density at radius 3 is 2.53 bits per heavy atom. The Labute approximate surface area is 191 Å². The number of aryl methyl sites for hydroxylation is 1. The van der Waals surface area contributed by atoms with Gasteiger partial charge in [-0.15, -0.1) is 0 Å². The molecule has 0 spiro atoms. The fraction of sp³-hybridized carbons (Fsp3) is 0.423. The summed E-state index contributed by atoms with van der Waals surface area (Å²) in [6.07, 6.45) is 2.50. The van der Waals surface area contributed by atoms with Gasteiger partial charge in [0, 0.05) is 36.1 Å². The van der Waals surface area contributed by atoms with Crippen molar-refractivity contribution < 1.29 is 9.59 Å². The number of carbonyl (C=O) groups is 2. The van der Waals surface area contributed by atoms with Crippen LogP contribution in [0.1, 0.15) is 67.0 Å². The molecule has 170 valence electrons. The van der Waals surface area contributed by atoms with E-state index in [-0.39, 0.29) is 24.1 Å². The summed E-state index contributed by atoms with van der Waals surface area (Å²) in [6, 6.07) is 11.2. The summed E-state index contributed by atoms with van der Waals surface area (Å²) in [5.41, 5.74) is 4.41.